The van der Waals surface area contributed by atoms with Crippen LogP contribution >= 0.6 is 23.2 Å². The van der Waals surface area contributed by atoms with Gasteiger partial charge in [-0.2, -0.15) is 5.10 Å². The third-order valence-corrected chi connectivity index (χ3v) is 3.17. The Morgan fingerprint density at radius 2 is 1.89 bits per heavy atom. The van der Waals surface area contributed by atoms with Crippen molar-refractivity contribution in [3.05, 3.63) is 51.3 Å². The third-order valence-electron chi connectivity index (χ3n) is 2.52. The number of alkyl halides is 2. The summed E-state index contributed by atoms with van der Waals surface area (Å²) in [5.41, 5.74) is -0.0911. The van der Waals surface area contributed by atoms with Gasteiger partial charge in [-0.15, -0.1) is 0 Å². The van der Waals surface area contributed by atoms with Crippen LogP contribution in [-0.4, -0.2) is 16.1 Å². The van der Waals surface area contributed by atoms with Crippen molar-refractivity contribution in [3.63, 3.8) is 0 Å². The molecule has 0 bridgehead atoms. The predicted molar refractivity (Wildman–Crippen MR) is 68.1 cm³/mol. The van der Waals surface area contributed by atoms with Crippen LogP contribution in [0.2, 0.25) is 10.2 Å². The third kappa shape index (κ3) is 2.93. The van der Waals surface area contributed by atoms with E-state index in [9.17, 15) is 13.6 Å². The van der Waals surface area contributed by atoms with Crippen molar-refractivity contribution < 1.29 is 13.6 Å². The smallest absolute Gasteiger partial charge is 0.282 e. The van der Waals surface area contributed by atoms with E-state index in [-0.39, 0.29) is 23.5 Å². The van der Waals surface area contributed by atoms with E-state index in [0.29, 0.717) is 5.02 Å². The molecule has 0 radical (unpaired) electrons. The van der Waals surface area contributed by atoms with Gasteiger partial charge < -0.3 is 0 Å². The highest BCUT2D eigenvalue weighted by Crippen LogP contribution is 2.27. The van der Waals surface area contributed by atoms with Crippen molar-refractivity contribution in [1.29, 1.82) is 0 Å². The summed E-state index contributed by atoms with van der Waals surface area (Å²) in [4.78, 5) is 10.8. The van der Waals surface area contributed by atoms with Crippen molar-refractivity contribution in [3.8, 4) is 0 Å². The zero-order valence-electron chi connectivity index (χ0n) is 9.49. The fourth-order valence-corrected chi connectivity index (χ4v) is 1.98. The lowest BCUT2D eigenvalue weighted by molar-refractivity contribution is 0.110. The lowest BCUT2D eigenvalue weighted by Crippen LogP contribution is -2.02. The van der Waals surface area contributed by atoms with Crippen molar-refractivity contribution in [2.75, 3.05) is 0 Å². The quantitative estimate of drug-likeness (QED) is 0.801. The molecule has 2 rings (SSSR count). The van der Waals surface area contributed by atoms with E-state index in [1.807, 2.05) is 0 Å². The zero-order valence-corrected chi connectivity index (χ0v) is 11.0. The highest BCUT2D eigenvalue weighted by molar-refractivity contribution is 6.32. The molecule has 1 aromatic heterocycles. The summed E-state index contributed by atoms with van der Waals surface area (Å²) in [6.07, 6.45) is -2.56. The highest BCUT2D eigenvalue weighted by atomic mass is 35.5. The number of aromatic nitrogens is 2. The number of rotatable bonds is 4. The molecule has 0 aliphatic rings. The molecule has 1 heterocycles. The van der Waals surface area contributed by atoms with E-state index in [0.717, 1.165) is 10.2 Å². The Hall–Kier alpha value is -1.46. The lowest BCUT2D eigenvalue weighted by atomic mass is 10.2. The van der Waals surface area contributed by atoms with Gasteiger partial charge in [0.2, 0.25) is 0 Å². The van der Waals surface area contributed by atoms with Crippen LogP contribution in [0.5, 0.6) is 0 Å². The average molecular weight is 305 g/mol. The maximum absolute atomic E-state index is 12.7. The molecule has 0 spiro atoms. The molecule has 0 aliphatic carbocycles. The minimum Gasteiger partial charge on any atom is -0.298 e. The highest BCUT2D eigenvalue weighted by Gasteiger charge is 2.22. The van der Waals surface area contributed by atoms with Crippen LogP contribution in [0, 0.1) is 0 Å². The van der Waals surface area contributed by atoms with Gasteiger partial charge in [0, 0.05) is 5.02 Å². The van der Waals surface area contributed by atoms with E-state index in [2.05, 4.69) is 5.10 Å². The Balaban J connectivity index is 2.35. The van der Waals surface area contributed by atoms with Gasteiger partial charge in [-0.1, -0.05) is 35.3 Å². The fraction of sp³-hybridized carbons (Fsp3) is 0.167. The van der Waals surface area contributed by atoms with E-state index in [1.54, 1.807) is 24.3 Å². The molecule has 0 saturated carbocycles. The molecule has 2 aromatic rings. The second kappa shape index (κ2) is 5.67. The molecule has 7 heteroatoms. The van der Waals surface area contributed by atoms with Crippen LogP contribution in [0.1, 0.15) is 28.0 Å². The molecule has 19 heavy (non-hydrogen) atoms. The molecule has 0 saturated heterocycles. The average Bonchev–Trinajstić information content (AvgIpc) is 2.69. The van der Waals surface area contributed by atoms with Gasteiger partial charge in [-0.05, 0) is 17.7 Å². The fourth-order valence-electron chi connectivity index (χ4n) is 1.61. The Bertz CT molecular complexity index is 597. The van der Waals surface area contributed by atoms with Gasteiger partial charge >= 0.3 is 0 Å². The van der Waals surface area contributed by atoms with Crippen LogP contribution in [-0.2, 0) is 6.54 Å². The maximum Gasteiger partial charge on any atom is 0.282 e. The molecule has 0 aliphatic heterocycles. The molecule has 0 unspecified atom stereocenters. The minimum absolute atomic E-state index is 0.0970. The van der Waals surface area contributed by atoms with E-state index >= 15 is 0 Å². The van der Waals surface area contributed by atoms with Crippen molar-refractivity contribution >= 4 is 29.5 Å². The normalized spacial score (nSPS) is 11.0. The van der Waals surface area contributed by atoms with Crippen LogP contribution in [0.15, 0.2) is 24.3 Å². The SMILES string of the molecule is O=Cc1c(C(F)F)nn(Cc2ccc(Cl)cc2)c1Cl. The van der Waals surface area contributed by atoms with E-state index in [1.165, 1.54) is 0 Å². The predicted octanol–water partition coefficient (Wildman–Crippen LogP) is 3.99. The number of carbonyl (C=O) groups is 1. The van der Waals surface area contributed by atoms with Gasteiger partial charge in [-0.3, -0.25) is 4.79 Å². The largest absolute Gasteiger partial charge is 0.298 e. The van der Waals surface area contributed by atoms with Crippen LogP contribution in [0.3, 0.4) is 0 Å². The lowest BCUT2D eigenvalue weighted by Gasteiger charge is -2.03. The monoisotopic (exact) mass is 304 g/mol. The molecule has 0 atom stereocenters. The second-order valence-electron chi connectivity index (χ2n) is 3.79. The maximum atomic E-state index is 12.7. The number of hydrogen-bond acceptors (Lipinski definition) is 2. The van der Waals surface area contributed by atoms with Gasteiger partial charge in [0.15, 0.2) is 6.29 Å². The summed E-state index contributed by atoms with van der Waals surface area (Å²) in [6.45, 7) is 0.184. The zero-order chi connectivity index (χ0) is 14.0. The van der Waals surface area contributed by atoms with Crippen molar-refractivity contribution in [2.45, 2.75) is 13.0 Å². The Morgan fingerprint density at radius 3 is 2.37 bits per heavy atom. The first-order chi connectivity index (χ1) is 9.02. The molecule has 0 amide bonds. The first-order valence-electron chi connectivity index (χ1n) is 5.27. The second-order valence-corrected chi connectivity index (χ2v) is 4.59. The number of nitrogens with zero attached hydrogens (tertiary/aromatic N) is 2. The minimum atomic E-state index is -2.84. The number of carbonyl (C=O) groups excluding carboxylic acids is 1. The van der Waals surface area contributed by atoms with Crippen LogP contribution < -0.4 is 0 Å². The molecule has 0 N–H and O–H groups in total. The number of hydrogen-bond donors (Lipinski definition) is 0. The standard InChI is InChI=1S/C12H8Cl2F2N2O/c13-8-3-1-7(2-4-8)5-18-11(14)9(6-19)10(17-18)12(15)16/h1-4,6,12H,5H2. The van der Waals surface area contributed by atoms with Crippen LogP contribution in [0.25, 0.3) is 0 Å². The van der Waals surface area contributed by atoms with Gasteiger partial charge in [0.1, 0.15) is 10.8 Å². The van der Waals surface area contributed by atoms with Gasteiger partial charge in [-0.25, -0.2) is 13.5 Å². The molecule has 3 nitrogen and oxygen atoms in total. The summed E-state index contributed by atoms with van der Waals surface area (Å²) < 4.78 is 26.5. The first kappa shape index (κ1) is 14.0. The Morgan fingerprint density at radius 1 is 1.26 bits per heavy atom. The molecule has 100 valence electrons. The number of benzene rings is 1. The van der Waals surface area contributed by atoms with E-state index < -0.39 is 12.1 Å². The van der Waals surface area contributed by atoms with Gasteiger partial charge in [0.25, 0.3) is 6.43 Å². The number of aldehydes is 1. The van der Waals surface area contributed by atoms with E-state index in [4.69, 9.17) is 23.2 Å². The number of halogens is 4. The van der Waals surface area contributed by atoms with Crippen molar-refractivity contribution in [2.24, 2.45) is 0 Å². The summed E-state index contributed by atoms with van der Waals surface area (Å²) in [5.74, 6) is 0. The summed E-state index contributed by atoms with van der Waals surface area (Å²) >= 11 is 11.6. The Kier molecular flexibility index (Phi) is 4.17. The Labute approximate surface area is 117 Å². The van der Waals surface area contributed by atoms with Crippen molar-refractivity contribution in [1.82, 2.24) is 9.78 Å². The molecule has 0 fully saturated rings. The van der Waals surface area contributed by atoms with Gasteiger partial charge in [0.05, 0.1) is 12.1 Å². The summed E-state index contributed by atoms with van der Waals surface area (Å²) in [7, 11) is 0. The summed E-state index contributed by atoms with van der Waals surface area (Å²) in [5, 5.41) is 4.14. The topological polar surface area (TPSA) is 34.9 Å². The molecular weight excluding hydrogens is 297 g/mol. The molecule has 1 aromatic carbocycles. The molecular formula is C12H8Cl2F2N2O. The first-order valence-corrected chi connectivity index (χ1v) is 6.02. The summed E-state index contributed by atoms with van der Waals surface area (Å²) in [6, 6.07) is 6.79. The van der Waals surface area contributed by atoms with Crippen LogP contribution in [0.4, 0.5) is 8.78 Å².